The highest BCUT2D eigenvalue weighted by Gasteiger charge is 2.56. The number of hydrogen-bond donors (Lipinski definition) is 3. The van der Waals surface area contributed by atoms with E-state index in [1.54, 1.807) is 0 Å². The summed E-state index contributed by atoms with van der Waals surface area (Å²) in [4.78, 5) is 26.7. The SMILES string of the molecule is O=C(NCC(O)CN1CCc2ccccc2C1)c1cc2c(nn1)OC1(CC1)C(=O)N2. The van der Waals surface area contributed by atoms with Crippen molar-refractivity contribution < 1.29 is 19.4 Å². The van der Waals surface area contributed by atoms with Gasteiger partial charge in [-0.15, -0.1) is 10.2 Å². The minimum Gasteiger partial charge on any atom is -0.458 e. The Morgan fingerprint density at radius 2 is 2.10 bits per heavy atom. The van der Waals surface area contributed by atoms with E-state index >= 15 is 0 Å². The van der Waals surface area contributed by atoms with Crippen LogP contribution in [0.25, 0.3) is 0 Å². The number of aliphatic hydroxyl groups is 1. The summed E-state index contributed by atoms with van der Waals surface area (Å²) in [5, 5.41) is 23.6. The zero-order valence-electron chi connectivity index (χ0n) is 16.4. The summed E-state index contributed by atoms with van der Waals surface area (Å²) in [7, 11) is 0. The average Bonchev–Trinajstić information content (AvgIpc) is 3.53. The van der Waals surface area contributed by atoms with E-state index in [2.05, 4.69) is 37.9 Å². The van der Waals surface area contributed by atoms with E-state index in [1.807, 2.05) is 12.1 Å². The molecule has 1 saturated carbocycles. The van der Waals surface area contributed by atoms with Crippen LogP contribution in [0.15, 0.2) is 30.3 Å². The van der Waals surface area contributed by atoms with Gasteiger partial charge in [0.15, 0.2) is 11.3 Å². The minimum absolute atomic E-state index is 0.0588. The predicted octanol–water partition coefficient (Wildman–Crippen LogP) is 0.489. The van der Waals surface area contributed by atoms with E-state index < -0.39 is 17.6 Å². The number of carbonyl (C=O) groups excluding carboxylic acids is 2. The van der Waals surface area contributed by atoms with Crippen LogP contribution in [0.5, 0.6) is 5.88 Å². The lowest BCUT2D eigenvalue weighted by Crippen LogP contribution is -2.42. The maximum Gasteiger partial charge on any atom is 0.271 e. The van der Waals surface area contributed by atoms with Crippen LogP contribution in [0.2, 0.25) is 0 Å². The molecule has 2 aliphatic heterocycles. The van der Waals surface area contributed by atoms with Gasteiger partial charge in [-0.05, 0) is 17.5 Å². The van der Waals surface area contributed by atoms with Gasteiger partial charge in [-0.3, -0.25) is 14.5 Å². The Labute approximate surface area is 173 Å². The molecular formula is C21H23N5O4. The standard InChI is InChI=1S/C21H23N5O4/c27-15(12-26-8-5-13-3-1-2-4-14(13)11-26)10-22-18(28)16-9-17-19(25-24-16)30-21(6-7-21)20(29)23-17/h1-4,9,15,27H,5-8,10-12H2,(H,22,28)(H,23,29). The number of nitrogens with zero attached hydrogens (tertiary/aromatic N) is 3. The third-order valence-electron chi connectivity index (χ3n) is 5.83. The predicted molar refractivity (Wildman–Crippen MR) is 107 cm³/mol. The van der Waals surface area contributed by atoms with Crippen LogP contribution in [0.1, 0.15) is 34.5 Å². The summed E-state index contributed by atoms with van der Waals surface area (Å²) < 4.78 is 5.62. The third-order valence-corrected chi connectivity index (χ3v) is 5.83. The molecule has 1 aliphatic carbocycles. The van der Waals surface area contributed by atoms with Gasteiger partial charge in [0.25, 0.3) is 17.7 Å². The Bertz CT molecular complexity index is 1010. The van der Waals surface area contributed by atoms with E-state index in [4.69, 9.17) is 4.74 Å². The molecule has 1 aromatic heterocycles. The first kappa shape index (κ1) is 19.0. The molecule has 5 rings (SSSR count). The Balaban J connectivity index is 1.15. The number of nitrogens with one attached hydrogen (secondary N) is 2. The molecule has 0 bridgehead atoms. The Kier molecular flexibility index (Phi) is 4.63. The van der Waals surface area contributed by atoms with Gasteiger partial charge in [0.2, 0.25) is 0 Å². The lowest BCUT2D eigenvalue weighted by molar-refractivity contribution is -0.125. The normalized spacial score (nSPS) is 19.8. The zero-order chi connectivity index (χ0) is 20.7. The summed E-state index contributed by atoms with van der Waals surface area (Å²) in [5.41, 5.74) is 2.23. The van der Waals surface area contributed by atoms with Crippen LogP contribution in [-0.4, -0.2) is 63.4 Å². The van der Waals surface area contributed by atoms with Gasteiger partial charge in [0.05, 0.1) is 6.10 Å². The number of β-amino-alcohol motifs (C(OH)–C–C–N with tert-alkyl or cyclic N) is 1. The van der Waals surface area contributed by atoms with E-state index in [0.717, 1.165) is 19.5 Å². The molecule has 2 aromatic rings. The molecule has 3 heterocycles. The number of aliphatic hydroxyl groups excluding tert-OH is 1. The molecule has 1 spiro atoms. The summed E-state index contributed by atoms with van der Waals surface area (Å²) in [5.74, 6) is -0.448. The smallest absolute Gasteiger partial charge is 0.271 e. The molecule has 156 valence electrons. The van der Waals surface area contributed by atoms with E-state index in [-0.39, 0.29) is 24.0 Å². The van der Waals surface area contributed by atoms with Gasteiger partial charge in [-0.1, -0.05) is 24.3 Å². The van der Waals surface area contributed by atoms with Gasteiger partial charge in [0.1, 0.15) is 5.69 Å². The van der Waals surface area contributed by atoms with Crippen molar-refractivity contribution >= 4 is 17.5 Å². The number of rotatable bonds is 5. The molecule has 0 saturated heterocycles. The van der Waals surface area contributed by atoms with E-state index in [0.29, 0.717) is 25.1 Å². The maximum absolute atomic E-state index is 12.4. The minimum atomic E-state index is -0.801. The Hall–Kier alpha value is -3.04. The molecule has 3 N–H and O–H groups in total. The van der Waals surface area contributed by atoms with Crippen LogP contribution in [0.3, 0.4) is 0 Å². The summed E-state index contributed by atoms with van der Waals surface area (Å²) >= 11 is 0. The second kappa shape index (κ2) is 7.33. The maximum atomic E-state index is 12.4. The number of carbonyl (C=O) groups is 2. The Morgan fingerprint density at radius 1 is 1.30 bits per heavy atom. The van der Waals surface area contributed by atoms with Gasteiger partial charge in [-0.2, -0.15) is 0 Å². The van der Waals surface area contributed by atoms with Crippen molar-refractivity contribution in [2.45, 2.75) is 37.5 Å². The average molecular weight is 409 g/mol. The molecule has 1 fully saturated rings. The number of benzene rings is 1. The van der Waals surface area contributed by atoms with Crippen molar-refractivity contribution in [3.63, 3.8) is 0 Å². The van der Waals surface area contributed by atoms with Crippen molar-refractivity contribution in [2.75, 3.05) is 25.0 Å². The molecule has 1 unspecified atom stereocenters. The van der Waals surface area contributed by atoms with Crippen molar-refractivity contribution in [3.05, 3.63) is 47.2 Å². The fourth-order valence-electron chi connectivity index (χ4n) is 3.94. The van der Waals surface area contributed by atoms with E-state index in [9.17, 15) is 14.7 Å². The van der Waals surface area contributed by atoms with Crippen LogP contribution >= 0.6 is 0 Å². The topological polar surface area (TPSA) is 117 Å². The van der Waals surface area contributed by atoms with Gasteiger partial charge >= 0.3 is 0 Å². The quantitative estimate of drug-likeness (QED) is 0.658. The number of amides is 2. The van der Waals surface area contributed by atoms with Gasteiger partial charge in [0, 0.05) is 45.1 Å². The molecule has 9 heteroatoms. The lowest BCUT2D eigenvalue weighted by Gasteiger charge is -2.30. The molecule has 0 radical (unpaired) electrons. The number of hydrogen-bond acceptors (Lipinski definition) is 7. The second-order valence-corrected chi connectivity index (χ2v) is 8.12. The van der Waals surface area contributed by atoms with Crippen molar-refractivity contribution in [2.24, 2.45) is 0 Å². The first-order chi connectivity index (χ1) is 14.5. The van der Waals surface area contributed by atoms with Crippen LogP contribution in [0.4, 0.5) is 5.69 Å². The zero-order valence-corrected chi connectivity index (χ0v) is 16.4. The number of ether oxygens (including phenoxy) is 1. The molecule has 1 atom stereocenters. The largest absolute Gasteiger partial charge is 0.458 e. The fraction of sp³-hybridized carbons (Fsp3) is 0.429. The summed E-state index contributed by atoms with van der Waals surface area (Å²) in [6.07, 6.45) is 1.56. The number of anilines is 1. The highest BCUT2D eigenvalue weighted by molar-refractivity contribution is 6.03. The first-order valence-corrected chi connectivity index (χ1v) is 10.2. The lowest BCUT2D eigenvalue weighted by atomic mass is 10.00. The molecular weight excluding hydrogens is 386 g/mol. The van der Waals surface area contributed by atoms with Crippen LogP contribution < -0.4 is 15.4 Å². The van der Waals surface area contributed by atoms with Crippen molar-refractivity contribution in [1.82, 2.24) is 20.4 Å². The summed E-state index contributed by atoms with van der Waals surface area (Å²) in [6.45, 7) is 2.23. The first-order valence-electron chi connectivity index (χ1n) is 10.2. The molecule has 1 aromatic carbocycles. The van der Waals surface area contributed by atoms with Crippen molar-refractivity contribution in [1.29, 1.82) is 0 Å². The van der Waals surface area contributed by atoms with Crippen molar-refractivity contribution in [3.8, 4) is 5.88 Å². The van der Waals surface area contributed by atoms with Gasteiger partial charge < -0.3 is 20.5 Å². The number of aromatic nitrogens is 2. The highest BCUT2D eigenvalue weighted by Crippen LogP contribution is 2.45. The van der Waals surface area contributed by atoms with Crippen LogP contribution in [-0.2, 0) is 17.8 Å². The Morgan fingerprint density at radius 3 is 2.90 bits per heavy atom. The fourth-order valence-corrected chi connectivity index (χ4v) is 3.94. The summed E-state index contributed by atoms with van der Waals surface area (Å²) in [6, 6.07) is 9.76. The molecule has 2 amide bonds. The molecule has 9 nitrogen and oxygen atoms in total. The molecule has 3 aliphatic rings. The molecule has 30 heavy (non-hydrogen) atoms. The van der Waals surface area contributed by atoms with Gasteiger partial charge in [-0.25, -0.2) is 0 Å². The second-order valence-electron chi connectivity index (χ2n) is 8.12. The monoisotopic (exact) mass is 409 g/mol. The number of fused-ring (bicyclic) bond motifs is 2. The van der Waals surface area contributed by atoms with Crippen LogP contribution in [0, 0.1) is 0 Å². The third kappa shape index (κ3) is 3.61. The highest BCUT2D eigenvalue weighted by atomic mass is 16.5. The van der Waals surface area contributed by atoms with E-state index in [1.165, 1.54) is 17.2 Å².